The molecule has 0 atom stereocenters. The van der Waals surface area contributed by atoms with Crippen molar-refractivity contribution in [3.63, 3.8) is 0 Å². The fourth-order valence-corrected chi connectivity index (χ4v) is 3.37. The first-order valence-corrected chi connectivity index (χ1v) is 8.69. The van der Waals surface area contributed by atoms with Gasteiger partial charge in [-0.25, -0.2) is 4.98 Å². The number of para-hydroxylation sites is 1. The molecular formula is C18H21N5O3. The number of hydrogen-bond donors (Lipinski definition) is 3. The van der Waals surface area contributed by atoms with Gasteiger partial charge in [-0.05, 0) is 12.1 Å². The van der Waals surface area contributed by atoms with Crippen molar-refractivity contribution in [2.45, 2.75) is 0 Å². The number of ether oxygens (including phenoxy) is 1. The lowest BCUT2D eigenvalue weighted by Gasteiger charge is -2.29. The Hall–Kier alpha value is -2.71. The minimum atomic E-state index is -0.273. The zero-order chi connectivity index (χ0) is 18.1. The fourth-order valence-electron chi connectivity index (χ4n) is 3.37. The molecule has 1 aromatic heterocycles. The van der Waals surface area contributed by atoms with Crippen LogP contribution in [0.1, 0.15) is 5.82 Å². The van der Waals surface area contributed by atoms with Crippen molar-refractivity contribution < 1.29 is 9.84 Å². The molecule has 8 heteroatoms. The second-order valence-corrected chi connectivity index (χ2v) is 6.48. The predicted octanol–water partition coefficient (Wildman–Crippen LogP) is 0.817. The van der Waals surface area contributed by atoms with Crippen LogP contribution in [0, 0.1) is 5.41 Å². The molecule has 136 valence electrons. The number of aromatic amines is 1. The summed E-state index contributed by atoms with van der Waals surface area (Å²) >= 11 is 0. The number of rotatable bonds is 4. The van der Waals surface area contributed by atoms with Crippen LogP contribution in [0.15, 0.2) is 34.8 Å². The molecule has 1 aromatic carbocycles. The van der Waals surface area contributed by atoms with Gasteiger partial charge in [-0.3, -0.25) is 15.1 Å². The van der Waals surface area contributed by atoms with Crippen LogP contribution in [0.3, 0.4) is 0 Å². The average molecular weight is 355 g/mol. The van der Waals surface area contributed by atoms with Crippen LogP contribution in [0.4, 0.5) is 0 Å². The first-order valence-electron chi connectivity index (χ1n) is 8.69. The lowest BCUT2D eigenvalue weighted by atomic mass is 10.2. The highest BCUT2D eigenvalue weighted by molar-refractivity contribution is 6.22. The molecule has 2 aliphatic heterocycles. The number of amidine groups is 1. The number of aliphatic hydroxyl groups excluding tert-OH is 1. The van der Waals surface area contributed by atoms with Crippen molar-refractivity contribution in [2.75, 3.05) is 45.9 Å². The Bertz CT molecular complexity index is 930. The van der Waals surface area contributed by atoms with E-state index in [-0.39, 0.29) is 29.5 Å². The molecule has 0 radical (unpaired) electrons. The van der Waals surface area contributed by atoms with Crippen LogP contribution in [0.5, 0.6) is 0 Å². The van der Waals surface area contributed by atoms with Crippen LogP contribution in [-0.2, 0) is 4.74 Å². The first kappa shape index (κ1) is 16.7. The highest BCUT2D eigenvalue weighted by atomic mass is 16.5. The van der Waals surface area contributed by atoms with Crippen LogP contribution in [0.2, 0.25) is 0 Å². The topological polar surface area (TPSA) is 106 Å². The van der Waals surface area contributed by atoms with E-state index in [4.69, 9.17) is 10.1 Å². The van der Waals surface area contributed by atoms with Crippen LogP contribution in [-0.4, -0.2) is 76.6 Å². The van der Waals surface area contributed by atoms with Gasteiger partial charge in [0.1, 0.15) is 17.4 Å². The Kier molecular flexibility index (Phi) is 4.44. The zero-order valence-electron chi connectivity index (χ0n) is 14.4. The summed E-state index contributed by atoms with van der Waals surface area (Å²) in [7, 11) is 0. The van der Waals surface area contributed by atoms with E-state index >= 15 is 0 Å². The summed E-state index contributed by atoms with van der Waals surface area (Å²) in [6.45, 7) is 4.91. The molecule has 0 aliphatic carbocycles. The quantitative estimate of drug-likeness (QED) is 0.750. The van der Waals surface area contributed by atoms with Gasteiger partial charge in [0.2, 0.25) is 0 Å². The molecule has 3 heterocycles. The van der Waals surface area contributed by atoms with Crippen molar-refractivity contribution in [1.29, 1.82) is 5.41 Å². The summed E-state index contributed by atoms with van der Waals surface area (Å²) in [5, 5.41) is 19.3. The number of nitrogens with zero attached hydrogens (tertiary/aromatic N) is 3. The second-order valence-electron chi connectivity index (χ2n) is 6.48. The summed E-state index contributed by atoms with van der Waals surface area (Å²) in [6, 6.07) is 7.04. The highest BCUT2D eigenvalue weighted by Crippen LogP contribution is 2.25. The number of morpholine rings is 1. The van der Waals surface area contributed by atoms with Gasteiger partial charge in [-0.15, -0.1) is 0 Å². The minimum absolute atomic E-state index is 0.0652. The smallest absolute Gasteiger partial charge is 0.259 e. The van der Waals surface area contributed by atoms with E-state index in [0.29, 0.717) is 23.0 Å². The molecule has 0 unspecified atom stereocenters. The second kappa shape index (κ2) is 6.89. The molecule has 0 bridgehead atoms. The molecule has 1 saturated heterocycles. The lowest BCUT2D eigenvalue weighted by molar-refractivity contribution is 0.0361. The third kappa shape index (κ3) is 3.09. The Morgan fingerprint density at radius 3 is 2.81 bits per heavy atom. The summed E-state index contributed by atoms with van der Waals surface area (Å²) in [5.41, 5.74) is 0.575. The highest BCUT2D eigenvalue weighted by Gasteiger charge is 2.30. The normalized spacial score (nSPS) is 18.9. The van der Waals surface area contributed by atoms with E-state index < -0.39 is 0 Å². The molecular weight excluding hydrogens is 334 g/mol. The Labute approximate surface area is 150 Å². The first-order chi connectivity index (χ1) is 12.6. The van der Waals surface area contributed by atoms with Crippen molar-refractivity contribution in [3.8, 4) is 0 Å². The van der Waals surface area contributed by atoms with Crippen LogP contribution < -0.4 is 5.56 Å². The van der Waals surface area contributed by atoms with E-state index in [9.17, 15) is 9.90 Å². The van der Waals surface area contributed by atoms with E-state index in [1.165, 1.54) is 0 Å². The van der Waals surface area contributed by atoms with Crippen LogP contribution in [0.25, 0.3) is 16.5 Å². The SMILES string of the molecule is N=C1C(c2nc3ccccc3c(=O)[nH]2)=C(O)CN1CCN1CCOCC1. The van der Waals surface area contributed by atoms with E-state index in [1.807, 2.05) is 0 Å². The standard InChI is InChI=1S/C18H21N5O3/c19-16-15(17-20-13-4-2-1-3-12(13)18(25)21-17)14(24)11-23(16)6-5-22-7-9-26-10-8-22/h1-4,19,24H,5-11H2,(H,20,21,25). The predicted molar refractivity (Wildman–Crippen MR) is 98.5 cm³/mol. The largest absolute Gasteiger partial charge is 0.510 e. The monoisotopic (exact) mass is 355 g/mol. The van der Waals surface area contributed by atoms with Gasteiger partial charge >= 0.3 is 0 Å². The Morgan fingerprint density at radius 1 is 1.23 bits per heavy atom. The number of benzene rings is 1. The van der Waals surface area contributed by atoms with Crippen molar-refractivity contribution in [2.24, 2.45) is 0 Å². The molecule has 1 fully saturated rings. The number of aromatic nitrogens is 2. The van der Waals surface area contributed by atoms with E-state index in [2.05, 4.69) is 14.9 Å². The third-order valence-corrected chi connectivity index (χ3v) is 4.82. The van der Waals surface area contributed by atoms with Gasteiger partial charge in [-0.2, -0.15) is 0 Å². The van der Waals surface area contributed by atoms with Crippen molar-refractivity contribution in [1.82, 2.24) is 19.8 Å². The van der Waals surface area contributed by atoms with Crippen molar-refractivity contribution >= 4 is 22.3 Å². The summed E-state index contributed by atoms with van der Waals surface area (Å²) in [6.07, 6.45) is 0. The number of fused-ring (bicyclic) bond motifs is 1. The number of hydrogen-bond acceptors (Lipinski definition) is 6. The van der Waals surface area contributed by atoms with Gasteiger partial charge in [0.15, 0.2) is 0 Å². The molecule has 0 amide bonds. The maximum atomic E-state index is 12.3. The van der Waals surface area contributed by atoms with Gasteiger partial charge in [0, 0.05) is 26.2 Å². The number of nitrogens with one attached hydrogen (secondary N) is 2. The number of aliphatic hydroxyl groups is 1. The van der Waals surface area contributed by atoms with Gasteiger partial charge in [-0.1, -0.05) is 12.1 Å². The summed E-state index contributed by atoms with van der Waals surface area (Å²) < 4.78 is 5.34. The Balaban J connectivity index is 1.54. The summed E-state index contributed by atoms with van der Waals surface area (Å²) in [5.74, 6) is 0.495. The minimum Gasteiger partial charge on any atom is -0.510 e. The van der Waals surface area contributed by atoms with E-state index in [0.717, 1.165) is 32.8 Å². The summed E-state index contributed by atoms with van der Waals surface area (Å²) in [4.78, 5) is 23.5. The molecule has 4 rings (SSSR count). The molecule has 0 saturated carbocycles. The zero-order valence-corrected chi connectivity index (χ0v) is 14.4. The molecule has 0 spiro atoms. The van der Waals surface area contributed by atoms with Gasteiger partial charge in [0.25, 0.3) is 5.56 Å². The van der Waals surface area contributed by atoms with Gasteiger partial charge in [0.05, 0.1) is 36.2 Å². The third-order valence-electron chi connectivity index (χ3n) is 4.82. The van der Waals surface area contributed by atoms with Crippen LogP contribution >= 0.6 is 0 Å². The van der Waals surface area contributed by atoms with E-state index in [1.54, 1.807) is 29.2 Å². The lowest BCUT2D eigenvalue weighted by Crippen LogP contribution is -2.42. The fraction of sp³-hybridized carbons (Fsp3) is 0.389. The van der Waals surface area contributed by atoms with Gasteiger partial charge < -0.3 is 19.7 Å². The molecule has 3 N–H and O–H groups in total. The molecule has 2 aromatic rings. The van der Waals surface area contributed by atoms with Crippen molar-refractivity contribution in [3.05, 3.63) is 46.2 Å². The molecule has 26 heavy (non-hydrogen) atoms. The Morgan fingerprint density at radius 2 is 2.00 bits per heavy atom. The molecule has 2 aliphatic rings. The molecule has 8 nitrogen and oxygen atoms in total. The number of H-pyrrole nitrogens is 1. The maximum absolute atomic E-state index is 12.3. The maximum Gasteiger partial charge on any atom is 0.259 e. The average Bonchev–Trinajstić information content (AvgIpc) is 2.94.